The Bertz CT molecular complexity index is 503. The molecule has 0 spiro atoms. The molecule has 17 heavy (non-hydrogen) atoms. The first-order chi connectivity index (χ1) is 7.61. The average molecular weight is 236 g/mol. The van der Waals surface area contributed by atoms with Gasteiger partial charge >= 0.3 is 29.6 Å². The summed E-state index contributed by atoms with van der Waals surface area (Å²) in [7, 11) is 0. The van der Waals surface area contributed by atoms with E-state index in [0.717, 1.165) is 0 Å². The third-order valence-corrected chi connectivity index (χ3v) is 3.20. The van der Waals surface area contributed by atoms with Gasteiger partial charge < -0.3 is 1.43 Å². The van der Waals surface area contributed by atoms with Crippen molar-refractivity contribution in [1.29, 1.82) is 0 Å². The van der Waals surface area contributed by atoms with Crippen LogP contribution in [-0.4, -0.2) is 0 Å². The molecule has 1 heteroatoms. The molecule has 86 valence electrons. The van der Waals surface area contributed by atoms with Crippen molar-refractivity contribution >= 4 is 10.8 Å². The summed E-state index contributed by atoms with van der Waals surface area (Å²) >= 11 is 0. The molecule has 0 amide bonds. The molecular weight excluding hydrogens is 215 g/mol. The standard InChI is InChI=1S/C16H20.Na.H/c1-11(2)14-10-9-13-7-5-6-8-15(13)16(14)12(3)4;;/h5-12H,1-4H3;;/q;+1;-1. The summed E-state index contributed by atoms with van der Waals surface area (Å²) in [5, 5.41) is 2.78. The van der Waals surface area contributed by atoms with Crippen LogP contribution in [0.1, 0.15) is 52.1 Å². The summed E-state index contributed by atoms with van der Waals surface area (Å²) < 4.78 is 0. The minimum absolute atomic E-state index is 0. The first-order valence-corrected chi connectivity index (χ1v) is 6.12. The molecule has 0 aliphatic carbocycles. The third kappa shape index (κ3) is 2.93. The van der Waals surface area contributed by atoms with Gasteiger partial charge in [0.2, 0.25) is 0 Å². The number of hydrogen-bond acceptors (Lipinski definition) is 0. The Morgan fingerprint density at radius 2 is 1.47 bits per heavy atom. The average Bonchev–Trinajstić information content (AvgIpc) is 2.27. The first kappa shape index (κ1) is 14.8. The van der Waals surface area contributed by atoms with Gasteiger partial charge in [-0.05, 0) is 33.7 Å². The van der Waals surface area contributed by atoms with E-state index < -0.39 is 0 Å². The first-order valence-electron chi connectivity index (χ1n) is 6.12. The molecule has 0 aliphatic rings. The van der Waals surface area contributed by atoms with E-state index in [4.69, 9.17) is 0 Å². The van der Waals surface area contributed by atoms with Gasteiger partial charge in [-0.25, -0.2) is 0 Å². The van der Waals surface area contributed by atoms with Crippen LogP contribution >= 0.6 is 0 Å². The molecule has 0 saturated carbocycles. The van der Waals surface area contributed by atoms with E-state index in [1.807, 2.05) is 0 Å². The maximum absolute atomic E-state index is 2.29. The SMILES string of the molecule is CC(C)c1ccc2ccccc2c1C(C)C.[H-].[Na+]. The quantitative estimate of drug-likeness (QED) is 0.701. The molecule has 0 heterocycles. The van der Waals surface area contributed by atoms with Crippen LogP contribution in [-0.2, 0) is 0 Å². The molecule has 0 bridgehead atoms. The normalized spacial score (nSPS) is 10.9. The van der Waals surface area contributed by atoms with E-state index in [1.165, 1.54) is 21.9 Å². The van der Waals surface area contributed by atoms with Crippen LogP contribution in [0.3, 0.4) is 0 Å². The molecule has 0 saturated heterocycles. The minimum Gasteiger partial charge on any atom is -1.00 e. The van der Waals surface area contributed by atoms with Gasteiger partial charge in [-0.1, -0.05) is 64.1 Å². The summed E-state index contributed by atoms with van der Waals surface area (Å²) in [4.78, 5) is 0. The Hall–Kier alpha value is -0.300. The zero-order chi connectivity index (χ0) is 11.7. The molecule has 0 aliphatic heterocycles. The third-order valence-electron chi connectivity index (χ3n) is 3.20. The van der Waals surface area contributed by atoms with Crippen LogP contribution in [0.4, 0.5) is 0 Å². The number of fused-ring (bicyclic) bond motifs is 1. The van der Waals surface area contributed by atoms with Crippen LogP contribution in [0.15, 0.2) is 36.4 Å². The van der Waals surface area contributed by atoms with Crippen LogP contribution in [0.25, 0.3) is 10.8 Å². The molecule has 0 nitrogen and oxygen atoms in total. The van der Waals surface area contributed by atoms with Gasteiger partial charge in [-0.3, -0.25) is 0 Å². The van der Waals surface area contributed by atoms with E-state index in [-0.39, 0.29) is 31.0 Å². The molecule has 0 atom stereocenters. The van der Waals surface area contributed by atoms with Crippen LogP contribution in [0.2, 0.25) is 0 Å². The van der Waals surface area contributed by atoms with Gasteiger partial charge in [-0.15, -0.1) is 0 Å². The van der Waals surface area contributed by atoms with Crippen molar-refractivity contribution in [2.75, 3.05) is 0 Å². The minimum atomic E-state index is 0. The molecular formula is C16H21Na. The van der Waals surface area contributed by atoms with E-state index in [2.05, 4.69) is 64.1 Å². The number of benzene rings is 2. The van der Waals surface area contributed by atoms with E-state index in [0.29, 0.717) is 11.8 Å². The second kappa shape index (κ2) is 6.04. The Morgan fingerprint density at radius 3 is 2.06 bits per heavy atom. The monoisotopic (exact) mass is 236 g/mol. The predicted molar refractivity (Wildman–Crippen MR) is 73.2 cm³/mol. The fraction of sp³-hybridized carbons (Fsp3) is 0.375. The summed E-state index contributed by atoms with van der Waals surface area (Å²) in [6, 6.07) is 13.2. The fourth-order valence-corrected chi connectivity index (χ4v) is 2.46. The van der Waals surface area contributed by atoms with Gasteiger partial charge in [0, 0.05) is 0 Å². The molecule has 0 radical (unpaired) electrons. The molecule has 0 N–H and O–H groups in total. The van der Waals surface area contributed by atoms with Crippen molar-refractivity contribution in [3.8, 4) is 0 Å². The second-order valence-corrected chi connectivity index (χ2v) is 5.10. The Morgan fingerprint density at radius 1 is 0.824 bits per heavy atom. The fourth-order valence-electron chi connectivity index (χ4n) is 2.46. The van der Waals surface area contributed by atoms with Crippen LogP contribution in [0, 0.1) is 0 Å². The summed E-state index contributed by atoms with van der Waals surface area (Å²) in [6.45, 7) is 9.12. The topological polar surface area (TPSA) is 0 Å². The second-order valence-electron chi connectivity index (χ2n) is 5.10. The van der Waals surface area contributed by atoms with Crippen molar-refractivity contribution in [1.82, 2.24) is 0 Å². The smallest absolute Gasteiger partial charge is 1.00 e. The summed E-state index contributed by atoms with van der Waals surface area (Å²) in [5.74, 6) is 1.19. The molecule has 0 aromatic heterocycles. The van der Waals surface area contributed by atoms with E-state index in [9.17, 15) is 0 Å². The van der Waals surface area contributed by atoms with Crippen molar-refractivity contribution in [3.63, 3.8) is 0 Å². The van der Waals surface area contributed by atoms with Crippen molar-refractivity contribution in [3.05, 3.63) is 47.5 Å². The van der Waals surface area contributed by atoms with Gasteiger partial charge in [0.05, 0.1) is 0 Å². The Kier molecular flexibility index (Phi) is 5.24. The van der Waals surface area contributed by atoms with Crippen LogP contribution < -0.4 is 29.6 Å². The number of rotatable bonds is 2. The summed E-state index contributed by atoms with van der Waals surface area (Å²) in [5.41, 5.74) is 3.02. The zero-order valence-corrected chi connectivity index (χ0v) is 13.6. The van der Waals surface area contributed by atoms with E-state index >= 15 is 0 Å². The summed E-state index contributed by atoms with van der Waals surface area (Å²) in [6.07, 6.45) is 0. The van der Waals surface area contributed by atoms with E-state index in [1.54, 1.807) is 0 Å². The maximum atomic E-state index is 2.29. The van der Waals surface area contributed by atoms with Gasteiger partial charge in [0.25, 0.3) is 0 Å². The Labute approximate surface area is 128 Å². The van der Waals surface area contributed by atoms with Gasteiger partial charge in [-0.2, -0.15) is 0 Å². The zero-order valence-electron chi connectivity index (χ0n) is 12.6. The molecule has 0 unspecified atom stereocenters. The molecule has 0 fully saturated rings. The Balaban J connectivity index is 0.00000144. The van der Waals surface area contributed by atoms with Crippen molar-refractivity contribution in [2.24, 2.45) is 0 Å². The molecule has 2 aromatic carbocycles. The predicted octanol–water partition coefficient (Wildman–Crippen LogP) is 2.20. The largest absolute Gasteiger partial charge is 1.00 e. The van der Waals surface area contributed by atoms with Crippen LogP contribution in [0.5, 0.6) is 0 Å². The maximum Gasteiger partial charge on any atom is 1.00 e. The van der Waals surface area contributed by atoms with Gasteiger partial charge in [0.15, 0.2) is 0 Å². The van der Waals surface area contributed by atoms with Crippen molar-refractivity contribution < 1.29 is 31.0 Å². The van der Waals surface area contributed by atoms with Gasteiger partial charge in [0.1, 0.15) is 0 Å². The number of hydrogen-bond donors (Lipinski definition) is 0. The molecule has 2 aromatic rings. The molecule has 2 rings (SSSR count). The van der Waals surface area contributed by atoms with Crippen molar-refractivity contribution in [2.45, 2.75) is 39.5 Å².